The molecule has 0 aliphatic rings. The maximum absolute atomic E-state index is 13.1. The molecule has 1 nitrogen and oxygen atoms in total. The number of halogens is 2. The Bertz CT molecular complexity index is 365. The van der Waals surface area contributed by atoms with Crippen LogP contribution in [-0.2, 0) is 0 Å². The summed E-state index contributed by atoms with van der Waals surface area (Å²) in [6.45, 7) is 8.74. The fourth-order valence-electron chi connectivity index (χ4n) is 2.08. The van der Waals surface area contributed by atoms with Gasteiger partial charge in [0.15, 0.2) is 0 Å². The van der Waals surface area contributed by atoms with Crippen molar-refractivity contribution in [1.82, 2.24) is 5.32 Å². The number of nitrogens with one attached hydrogen (secondary N) is 1. The second kappa shape index (κ2) is 6.50. The molecule has 1 rings (SSSR count). The third-order valence-electron chi connectivity index (χ3n) is 2.80. The Hall–Kier alpha value is -0.410. The Morgan fingerprint density at radius 3 is 2.41 bits per heavy atom. The summed E-state index contributed by atoms with van der Waals surface area (Å²) in [5.41, 5.74) is 1.11. The normalized spacial score (nSPS) is 15.0. The standard InChI is InChI=1S/C14H21BrFN/c1-9(2)7-10(3)17-11(4)12-5-6-14(16)13(15)8-12/h5-6,8-11,17H,7H2,1-4H3. The molecule has 1 aromatic rings. The predicted molar refractivity (Wildman–Crippen MR) is 74.6 cm³/mol. The van der Waals surface area contributed by atoms with Crippen LogP contribution in [-0.4, -0.2) is 6.04 Å². The molecule has 0 heterocycles. The Morgan fingerprint density at radius 1 is 1.24 bits per heavy atom. The van der Waals surface area contributed by atoms with Crippen molar-refractivity contribution in [3.05, 3.63) is 34.1 Å². The highest BCUT2D eigenvalue weighted by molar-refractivity contribution is 9.10. The average Bonchev–Trinajstić information content (AvgIpc) is 2.20. The highest BCUT2D eigenvalue weighted by Crippen LogP contribution is 2.22. The monoisotopic (exact) mass is 301 g/mol. The van der Waals surface area contributed by atoms with Crippen molar-refractivity contribution in [2.75, 3.05) is 0 Å². The number of hydrogen-bond donors (Lipinski definition) is 1. The lowest BCUT2D eigenvalue weighted by atomic mass is 10.0. The average molecular weight is 302 g/mol. The van der Waals surface area contributed by atoms with Crippen LogP contribution in [0.25, 0.3) is 0 Å². The lowest BCUT2D eigenvalue weighted by Gasteiger charge is -2.22. The van der Waals surface area contributed by atoms with Crippen LogP contribution in [0.15, 0.2) is 22.7 Å². The van der Waals surface area contributed by atoms with E-state index in [1.165, 1.54) is 6.07 Å². The van der Waals surface area contributed by atoms with Crippen molar-refractivity contribution < 1.29 is 4.39 Å². The summed E-state index contributed by atoms with van der Waals surface area (Å²) in [4.78, 5) is 0. The number of rotatable bonds is 5. The van der Waals surface area contributed by atoms with Crippen LogP contribution in [0.5, 0.6) is 0 Å². The van der Waals surface area contributed by atoms with E-state index in [0.29, 0.717) is 16.4 Å². The third kappa shape index (κ3) is 4.76. The molecular formula is C14H21BrFN. The first-order chi connectivity index (χ1) is 7.90. The molecule has 0 radical (unpaired) electrons. The minimum absolute atomic E-state index is 0.212. The zero-order valence-electron chi connectivity index (χ0n) is 10.9. The van der Waals surface area contributed by atoms with Gasteiger partial charge < -0.3 is 5.32 Å². The maximum atomic E-state index is 13.1. The first-order valence-electron chi connectivity index (χ1n) is 6.11. The van der Waals surface area contributed by atoms with Gasteiger partial charge in [-0.05, 0) is 59.8 Å². The zero-order chi connectivity index (χ0) is 13.0. The van der Waals surface area contributed by atoms with E-state index in [2.05, 4.69) is 48.9 Å². The van der Waals surface area contributed by atoms with Gasteiger partial charge in [0, 0.05) is 12.1 Å². The molecule has 0 saturated heterocycles. The lowest BCUT2D eigenvalue weighted by Crippen LogP contribution is -2.30. The first-order valence-corrected chi connectivity index (χ1v) is 6.90. The Kier molecular flexibility index (Phi) is 5.60. The molecule has 1 aromatic carbocycles. The molecule has 0 fully saturated rings. The van der Waals surface area contributed by atoms with Gasteiger partial charge in [0.1, 0.15) is 5.82 Å². The molecule has 0 bridgehead atoms. The molecular weight excluding hydrogens is 281 g/mol. The lowest BCUT2D eigenvalue weighted by molar-refractivity contribution is 0.406. The summed E-state index contributed by atoms with van der Waals surface area (Å²) >= 11 is 3.22. The van der Waals surface area contributed by atoms with Crippen LogP contribution < -0.4 is 5.32 Å². The second-order valence-corrected chi connectivity index (χ2v) is 5.95. The molecule has 3 heteroatoms. The second-order valence-electron chi connectivity index (χ2n) is 5.09. The van der Waals surface area contributed by atoms with E-state index < -0.39 is 0 Å². The first kappa shape index (κ1) is 14.7. The van der Waals surface area contributed by atoms with Gasteiger partial charge in [-0.2, -0.15) is 0 Å². The molecule has 0 aromatic heterocycles. The van der Waals surface area contributed by atoms with E-state index in [9.17, 15) is 4.39 Å². The highest BCUT2D eigenvalue weighted by atomic mass is 79.9. The Labute approximate surface area is 112 Å². The van der Waals surface area contributed by atoms with Gasteiger partial charge in [-0.3, -0.25) is 0 Å². The smallest absolute Gasteiger partial charge is 0.137 e. The summed E-state index contributed by atoms with van der Waals surface area (Å²) in [5, 5.41) is 3.53. The van der Waals surface area contributed by atoms with Crippen LogP contribution in [0.4, 0.5) is 4.39 Å². The van der Waals surface area contributed by atoms with Gasteiger partial charge in [-0.15, -0.1) is 0 Å². The van der Waals surface area contributed by atoms with E-state index in [1.807, 2.05) is 12.1 Å². The van der Waals surface area contributed by atoms with Crippen LogP contribution in [0, 0.1) is 11.7 Å². The molecule has 1 N–H and O–H groups in total. The maximum Gasteiger partial charge on any atom is 0.137 e. The minimum Gasteiger partial charge on any atom is -0.308 e. The summed E-state index contributed by atoms with van der Waals surface area (Å²) in [6, 6.07) is 5.88. The molecule has 2 unspecified atom stereocenters. The van der Waals surface area contributed by atoms with E-state index in [0.717, 1.165) is 12.0 Å². The van der Waals surface area contributed by atoms with E-state index >= 15 is 0 Å². The number of benzene rings is 1. The summed E-state index contributed by atoms with van der Waals surface area (Å²) in [7, 11) is 0. The summed E-state index contributed by atoms with van der Waals surface area (Å²) in [5.74, 6) is 0.473. The van der Waals surface area contributed by atoms with Gasteiger partial charge in [0.05, 0.1) is 4.47 Å². The SMILES string of the molecule is CC(C)CC(C)NC(C)c1ccc(F)c(Br)c1. The molecule has 0 saturated carbocycles. The van der Waals surface area contributed by atoms with Crippen molar-refractivity contribution in [3.63, 3.8) is 0 Å². The van der Waals surface area contributed by atoms with Crippen LogP contribution in [0.3, 0.4) is 0 Å². The molecule has 0 spiro atoms. The fraction of sp³-hybridized carbons (Fsp3) is 0.571. The van der Waals surface area contributed by atoms with Crippen LogP contribution in [0.1, 0.15) is 45.7 Å². The van der Waals surface area contributed by atoms with Crippen LogP contribution >= 0.6 is 15.9 Å². The predicted octanol–water partition coefficient (Wildman–Crippen LogP) is 4.67. The van der Waals surface area contributed by atoms with Gasteiger partial charge >= 0.3 is 0 Å². The van der Waals surface area contributed by atoms with Crippen molar-refractivity contribution in [3.8, 4) is 0 Å². The van der Waals surface area contributed by atoms with Crippen LogP contribution in [0.2, 0.25) is 0 Å². The molecule has 2 atom stereocenters. The molecule has 0 aliphatic carbocycles. The van der Waals surface area contributed by atoms with E-state index in [-0.39, 0.29) is 11.9 Å². The number of hydrogen-bond acceptors (Lipinski definition) is 1. The summed E-state index contributed by atoms with van der Waals surface area (Å²) < 4.78 is 13.7. The highest BCUT2D eigenvalue weighted by Gasteiger charge is 2.12. The van der Waals surface area contributed by atoms with Gasteiger partial charge in [0.25, 0.3) is 0 Å². The van der Waals surface area contributed by atoms with Crippen molar-refractivity contribution >= 4 is 15.9 Å². The molecule has 96 valence electrons. The van der Waals surface area contributed by atoms with E-state index in [1.54, 1.807) is 0 Å². The van der Waals surface area contributed by atoms with Gasteiger partial charge in [-0.25, -0.2) is 4.39 Å². The van der Waals surface area contributed by atoms with E-state index in [4.69, 9.17) is 0 Å². The van der Waals surface area contributed by atoms with Crippen molar-refractivity contribution in [2.24, 2.45) is 5.92 Å². The molecule has 17 heavy (non-hydrogen) atoms. The van der Waals surface area contributed by atoms with Gasteiger partial charge in [-0.1, -0.05) is 19.9 Å². The van der Waals surface area contributed by atoms with Gasteiger partial charge in [0.2, 0.25) is 0 Å². The molecule has 0 amide bonds. The van der Waals surface area contributed by atoms with Crippen molar-refractivity contribution in [2.45, 2.75) is 46.2 Å². The third-order valence-corrected chi connectivity index (χ3v) is 3.41. The Morgan fingerprint density at radius 2 is 1.88 bits per heavy atom. The quantitative estimate of drug-likeness (QED) is 0.833. The topological polar surface area (TPSA) is 12.0 Å². The minimum atomic E-state index is -0.212. The summed E-state index contributed by atoms with van der Waals surface area (Å²) in [6.07, 6.45) is 1.15. The largest absolute Gasteiger partial charge is 0.308 e. The van der Waals surface area contributed by atoms with Crippen molar-refractivity contribution in [1.29, 1.82) is 0 Å². The fourth-order valence-corrected chi connectivity index (χ4v) is 2.48. The Balaban J connectivity index is 2.63. The zero-order valence-corrected chi connectivity index (χ0v) is 12.5. The molecule has 0 aliphatic heterocycles.